The molecule has 0 unspecified atom stereocenters. The summed E-state index contributed by atoms with van der Waals surface area (Å²) in [5, 5.41) is 9.22. The van der Waals surface area contributed by atoms with E-state index in [1.165, 1.54) is 0 Å². The molecule has 0 aliphatic heterocycles. The molecule has 1 nitrogen and oxygen atoms in total. The highest BCUT2D eigenvalue weighted by Gasteiger charge is 2.02. The van der Waals surface area contributed by atoms with Gasteiger partial charge in [-0.05, 0) is 41.0 Å². The molecule has 0 spiro atoms. The minimum absolute atomic E-state index is 0.269. The second-order valence-corrected chi connectivity index (χ2v) is 4.45. The minimum Gasteiger partial charge on any atom is -0.508 e. The lowest BCUT2D eigenvalue weighted by Gasteiger charge is -2.06. The number of rotatable bonds is 2. The molecule has 16 heavy (non-hydrogen) atoms. The van der Waals surface area contributed by atoms with Crippen molar-refractivity contribution in [1.29, 1.82) is 0 Å². The molecule has 1 N–H and O–H groups in total. The first kappa shape index (κ1) is 11.0. The van der Waals surface area contributed by atoms with Crippen molar-refractivity contribution in [3.8, 4) is 5.75 Å². The van der Waals surface area contributed by atoms with E-state index >= 15 is 0 Å². The fraction of sp³-hybridized carbons (Fsp3) is 0. The summed E-state index contributed by atoms with van der Waals surface area (Å²) >= 11 is 3.43. The molecule has 2 rings (SSSR count). The third-order valence-corrected chi connectivity index (χ3v) is 2.88. The average Bonchev–Trinajstić information content (AvgIpc) is 2.29. The van der Waals surface area contributed by atoms with Crippen LogP contribution < -0.4 is 0 Å². The highest BCUT2D eigenvalue weighted by molar-refractivity contribution is 9.10. The molecule has 0 aliphatic carbocycles. The number of phenols is 1. The van der Waals surface area contributed by atoms with Crippen molar-refractivity contribution in [2.75, 3.05) is 0 Å². The Bertz CT molecular complexity index is 515. The summed E-state index contributed by atoms with van der Waals surface area (Å²) < 4.78 is 1.03. The molecule has 80 valence electrons. The van der Waals surface area contributed by atoms with Crippen LogP contribution in [0.3, 0.4) is 0 Å². The lowest BCUT2D eigenvalue weighted by molar-refractivity contribution is 0.475. The van der Waals surface area contributed by atoms with Gasteiger partial charge in [0.05, 0.1) is 0 Å². The van der Waals surface area contributed by atoms with Gasteiger partial charge in [0, 0.05) is 4.47 Å². The van der Waals surface area contributed by atoms with Crippen LogP contribution in [-0.4, -0.2) is 5.11 Å². The van der Waals surface area contributed by atoms with Gasteiger partial charge < -0.3 is 5.11 Å². The molecule has 0 amide bonds. The minimum atomic E-state index is 0.269. The van der Waals surface area contributed by atoms with E-state index in [-0.39, 0.29) is 5.75 Å². The summed E-state index contributed by atoms with van der Waals surface area (Å²) in [5.74, 6) is 0.269. The van der Waals surface area contributed by atoms with Crippen molar-refractivity contribution in [3.63, 3.8) is 0 Å². The second-order valence-electron chi connectivity index (χ2n) is 3.54. The van der Waals surface area contributed by atoms with Crippen molar-refractivity contribution in [3.05, 3.63) is 70.7 Å². The topological polar surface area (TPSA) is 20.2 Å². The fourth-order valence-corrected chi connectivity index (χ4v) is 1.90. The van der Waals surface area contributed by atoms with E-state index in [1.54, 1.807) is 12.1 Å². The monoisotopic (exact) mass is 274 g/mol. The van der Waals surface area contributed by atoms with Crippen LogP contribution in [0, 0.1) is 0 Å². The SMILES string of the molecule is C=C(c1ccc(O)cc1)c1cccc(Br)c1. The van der Waals surface area contributed by atoms with E-state index in [4.69, 9.17) is 0 Å². The van der Waals surface area contributed by atoms with Gasteiger partial charge in [0.1, 0.15) is 5.75 Å². The molecule has 2 heteroatoms. The smallest absolute Gasteiger partial charge is 0.115 e. The van der Waals surface area contributed by atoms with Crippen molar-refractivity contribution in [1.82, 2.24) is 0 Å². The van der Waals surface area contributed by atoms with E-state index < -0.39 is 0 Å². The third-order valence-electron chi connectivity index (χ3n) is 2.39. The van der Waals surface area contributed by atoms with E-state index in [0.717, 1.165) is 21.2 Å². The van der Waals surface area contributed by atoms with Gasteiger partial charge in [0.15, 0.2) is 0 Å². The number of phenolic OH excluding ortho intramolecular Hbond substituents is 1. The Hall–Kier alpha value is -1.54. The first-order valence-corrected chi connectivity index (χ1v) is 5.70. The first-order chi connectivity index (χ1) is 7.66. The van der Waals surface area contributed by atoms with Crippen LogP contribution >= 0.6 is 15.9 Å². The summed E-state index contributed by atoms with van der Waals surface area (Å²) in [4.78, 5) is 0. The summed E-state index contributed by atoms with van der Waals surface area (Å²) in [6.07, 6.45) is 0. The van der Waals surface area contributed by atoms with Crippen LogP contribution in [0.1, 0.15) is 11.1 Å². The molecule has 0 saturated carbocycles. The zero-order chi connectivity index (χ0) is 11.5. The molecule has 0 saturated heterocycles. The van der Waals surface area contributed by atoms with Gasteiger partial charge in [-0.2, -0.15) is 0 Å². The molecular weight excluding hydrogens is 264 g/mol. The van der Waals surface area contributed by atoms with E-state index in [2.05, 4.69) is 22.5 Å². The number of benzene rings is 2. The van der Waals surface area contributed by atoms with Crippen LogP contribution in [0.4, 0.5) is 0 Å². The summed E-state index contributed by atoms with van der Waals surface area (Å²) in [5.41, 5.74) is 3.03. The Balaban J connectivity index is 2.35. The van der Waals surface area contributed by atoms with Gasteiger partial charge in [0.25, 0.3) is 0 Å². The Morgan fingerprint density at radius 3 is 2.31 bits per heavy atom. The van der Waals surface area contributed by atoms with Crippen LogP contribution in [-0.2, 0) is 0 Å². The highest BCUT2D eigenvalue weighted by atomic mass is 79.9. The Labute approximate surface area is 103 Å². The van der Waals surface area contributed by atoms with Crippen LogP contribution in [0.25, 0.3) is 5.57 Å². The van der Waals surface area contributed by atoms with Gasteiger partial charge in [-0.1, -0.05) is 46.8 Å². The molecule has 2 aromatic carbocycles. The summed E-state index contributed by atoms with van der Waals surface area (Å²) in [6.45, 7) is 4.06. The van der Waals surface area contributed by atoms with Crippen LogP contribution in [0.5, 0.6) is 5.75 Å². The Kier molecular flexibility index (Phi) is 3.11. The van der Waals surface area contributed by atoms with Gasteiger partial charge in [-0.25, -0.2) is 0 Å². The molecule has 0 atom stereocenters. The Morgan fingerprint density at radius 2 is 1.69 bits per heavy atom. The van der Waals surface area contributed by atoms with Crippen molar-refractivity contribution in [2.24, 2.45) is 0 Å². The quantitative estimate of drug-likeness (QED) is 0.870. The van der Waals surface area contributed by atoms with E-state index in [0.29, 0.717) is 0 Å². The standard InChI is InChI=1S/C14H11BrO/c1-10(11-5-7-14(16)8-6-11)12-3-2-4-13(15)9-12/h2-9,16H,1H2. The lowest BCUT2D eigenvalue weighted by Crippen LogP contribution is -1.85. The average molecular weight is 275 g/mol. The maximum absolute atomic E-state index is 9.22. The number of halogens is 1. The van der Waals surface area contributed by atoms with Gasteiger partial charge in [-0.15, -0.1) is 0 Å². The van der Waals surface area contributed by atoms with Crippen LogP contribution in [0.15, 0.2) is 59.6 Å². The Morgan fingerprint density at radius 1 is 1.00 bits per heavy atom. The van der Waals surface area contributed by atoms with Gasteiger partial charge in [-0.3, -0.25) is 0 Å². The van der Waals surface area contributed by atoms with Gasteiger partial charge in [0.2, 0.25) is 0 Å². The van der Waals surface area contributed by atoms with E-state index in [9.17, 15) is 5.11 Å². The third kappa shape index (κ3) is 2.34. The number of hydrogen-bond donors (Lipinski definition) is 1. The van der Waals surface area contributed by atoms with Crippen molar-refractivity contribution in [2.45, 2.75) is 0 Å². The number of aromatic hydroxyl groups is 1. The van der Waals surface area contributed by atoms with Gasteiger partial charge >= 0.3 is 0 Å². The molecule has 0 fully saturated rings. The van der Waals surface area contributed by atoms with Crippen molar-refractivity contribution < 1.29 is 5.11 Å². The first-order valence-electron chi connectivity index (χ1n) is 4.91. The summed E-state index contributed by atoms with van der Waals surface area (Å²) in [7, 11) is 0. The van der Waals surface area contributed by atoms with Crippen molar-refractivity contribution >= 4 is 21.5 Å². The molecule has 0 heterocycles. The molecular formula is C14H11BrO. The summed E-state index contributed by atoms with van der Waals surface area (Å²) in [6, 6.07) is 15.0. The molecule has 0 aromatic heterocycles. The maximum atomic E-state index is 9.22. The molecule has 2 aromatic rings. The lowest BCUT2D eigenvalue weighted by atomic mass is 10.00. The molecule has 0 radical (unpaired) electrons. The zero-order valence-electron chi connectivity index (χ0n) is 8.65. The van der Waals surface area contributed by atoms with E-state index in [1.807, 2.05) is 36.4 Å². The second kappa shape index (κ2) is 4.54. The fourth-order valence-electron chi connectivity index (χ4n) is 1.51. The molecule has 0 bridgehead atoms. The molecule has 0 aliphatic rings. The number of hydrogen-bond acceptors (Lipinski definition) is 1. The highest BCUT2D eigenvalue weighted by Crippen LogP contribution is 2.25. The predicted molar refractivity (Wildman–Crippen MR) is 70.4 cm³/mol. The maximum Gasteiger partial charge on any atom is 0.115 e. The van der Waals surface area contributed by atoms with Crippen LogP contribution in [0.2, 0.25) is 0 Å². The zero-order valence-corrected chi connectivity index (χ0v) is 10.2. The largest absolute Gasteiger partial charge is 0.508 e. The normalized spacial score (nSPS) is 10.1. The predicted octanol–water partition coefficient (Wildman–Crippen LogP) is 4.22.